The zero-order valence-electron chi connectivity index (χ0n) is 16.7. The van der Waals surface area contributed by atoms with Crippen LogP contribution in [0.1, 0.15) is 18.4 Å². The predicted molar refractivity (Wildman–Crippen MR) is 126 cm³/mol. The molecule has 0 unspecified atom stereocenters. The Hall–Kier alpha value is -1.75. The van der Waals surface area contributed by atoms with E-state index in [2.05, 4.69) is 69.0 Å². The van der Waals surface area contributed by atoms with Crippen LogP contribution in [-0.4, -0.2) is 47.2 Å². The second-order valence-electron chi connectivity index (χ2n) is 8.01. The molecule has 2 aromatic carbocycles. The van der Waals surface area contributed by atoms with E-state index in [4.69, 9.17) is 4.98 Å². The Bertz CT molecular complexity index is 904. The zero-order valence-corrected chi connectivity index (χ0v) is 18.4. The van der Waals surface area contributed by atoms with E-state index in [0.717, 1.165) is 43.6 Å². The van der Waals surface area contributed by atoms with Gasteiger partial charge >= 0.3 is 0 Å². The van der Waals surface area contributed by atoms with Crippen molar-refractivity contribution >= 4 is 41.8 Å². The summed E-state index contributed by atoms with van der Waals surface area (Å²) in [4.78, 5) is 9.98. The minimum absolute atomic E-state index is 0. The fourth-order valence-corrected chi connectivity index (χ4v) is 4.68. The molecule has 0 N–H and O–H groups in total. The minimum Gasteiger partial charge on any atom is -0.339 e. The van der Waals surface area contributed by atoms with Gasteiger partial charge < -0.3 is 14.4 Å². The average molecular weight is 433 g/mol. The lowest BCUT2D eigenvalue weighted by Gasteiger charge is -2.33. The van der Waals surface area contributed by atoms with Crippen LogP contribution in [0.4, 0.5) is 5.95 Å². The molecule has 0 atom stereocenters. The first-order valence-corrected chi connectivity index (χ1v) is 10.3. The molecule has 29 heavy (non-hydrogen) atoms. The van der Waals surface area contributed by atoms with Crippen LogP contribution in [0.15, 0.2) is 54.6 Å². The summed E-state index contributed by atoms with van der Waals surface area (Å²) in [6, 6.07) is 19.5. The van der Waals surface area contributed by atoms with Crippen molar-refractivity contribution in [1.29, 1.82) is 0 Å². The minimum atomic E-state index is 0. The van der Waals surface area contributed by atoms with E-state index < -0.39 is 0 Å². The van der Waals surface area contributed by atoms with Crippen molar-refractivity contribution in [3.8, 4) is 0 Å². The molecule has 0 bridgehead atoms. The van der Waals surface area contributed by atoms with Crippen molar-refractivity contribution in [1.82, 2.24) is 14.5 Å². The molecule has 6 heteroatoms. The highest BCUT2D eigenvalue weighted by molar-refractivity contribution is 5.85. The SMILES string of the molecule is Cl.Cl.c1ccc(CC2CCN(CCN3CCn4c3nc3ccccc34)CC2)cc1. The number of hydrogen-bond donors (Lipinski definition) is 0. The molecule has 2 aliphatic rings. The second-order valence-corrected chi connectivity index (χ2v) is 8.01. The van der Waals surface area contributed by atoms with Crippen LogP contribution >= 0.6 is 24.8 Å². The van der Waals surface area contributed by atoms with Gasteiger partial charge in [0.25, 0.3) is 0 Å². The van der Waals surface area contributed by atoms with Gasteiger partial charge in [-0.05, 0) is 56.0 Å². The fraction of sp³-hybridized carbons (Fsp3) is 0.435. The van der Waals surface area contributed by atoms with Crippen LogP contribution in [0.5, 0.6) is 0 Å². The Morgan fingerprint density at radius 3 is 2.31 bits per heavy atom. The van der Waals surface area contributed by atoms with Crippen LogP contribution < -0.4 is 4.90 Å². The molecule has 0 spiro atoms. The van der Waals surface area contributed by atoms with Gasteiger partial charge in [-0.15, -0.1) is 24.8 Å². The van der Waals surface area contributed by atoms with Gasteiger partial charge in [-0.1, -0.05) is 42.5 Å². The third-order valence-corrected chi connectivity index (χ3v) is 6.27. The highest BCUT2D eigenvalue weighted by Gasteiger charge is 2.25. The summed E-state index contributed by atoms with van der Waals surface area (Å²) >= 11 is 0. The molecular formula is C23H30Cl2N4. The molecule has 1 aromatic heterocycles. The van der Waals surface area contributed by atoms with E-state index in [1.54, 1.807) is 0 Å². The number of aromatic nitrogens is 2. The molecule has 1 fully saturated rings. The molecule has 0 radical (unpaired) electrons. The molecule has 3 aromatic rings. The smallest absolute Gasteiger partial charge is 0.206 e. The van der Waals surface area contributed by atoms with E-state index in [1.165, 1.54) is 43.4 Å². The third kappa shape index (κ3) is 4.71. The molecule has 0 aliphatic carbocycles. The van der Waals surface area contributed by atoms with E-state index in [-0.39, 0.29) is 24.8 Å². The molecule has 2 aliphatic heterocycles. The molecular weight excluding hydrogens is 403 g/mol. The number of imidazole rings is 1. The summed E-state index contributed by atoms with van der Waals surface area (Å²) in [5.74, 6) is 2.01. The Balaban J connectivity index is 0.00000120. The normalized spacial score (nSPS) is 17.0. The third-order valence-electron chi connectivity index (χ3n) is 6.27. The Morgan fingerprint density at radius 2 is 1.52 bits per heavy atom. The maximum Gasteiger partial charge on any atom is 0.206 e. The zero-order chi connectivity index (χ0) is 18.1. The van der Waals surface area contributed by atoms with Gasteiger partial charge in [0.1, 0.15) is 0 Å². The van der Waals surface area contributed by atoms with Crippen LogP contribution in [0.3, 0.4) is 0 Å². The van der Waals surface area contributed by atoms with Gasteiger partial charge in [-0.2, -0.15) is 0 Å². The largest absolute Gasteiger partial charge is 0.339 e. The van der Waals surface area contributed by atoms with Gasteiger partial charge in [-0.25, -0.2) is 4.98 Å². The first kappa shape index (κ1) is 21.9. The van der Waals surface area contributed by atoms with Crippen LogP contribution in [-0.2, 0) is 13.0 Å². The summed E-state index contributed by atoms with van der Waals surface area (Å²) in [6.45, 7) is 6.88. The van der Waals surface area contributed by atoms with E-state index in [1.807, 2.05) is 0 Å². The van der Waals surface area contributed by atoms with Crippen LogP contribution in [0, 0.1) is 5.92 Å². The van der Waals surface area contributed by atoms with Crippen molar-refractivity contribution in [3.05, 3.63) is 60.2 Å². The summed E-state index contributed by atoms with van der Waals surface area (Å²) < 4.78 is 2.38. The van der Waals surface area contributed by atoms with Crippen LogP contribution in [0.25, 0.3) is 11.0 Å². The standard InChI is InChI=1S/C23H28N4.2ClH/c1-2-6-19(7-3-1)18-20-10-12-25(13-11-20)14-15-26-16-17-27-22-9-5-4-8-21(22)24-23(26)27;;/h1-9,20H,10-18H2;2*1H. The maximum atomic E-state index is 4.87. The van der Waals surface area contributed by atoms with Gasteiger partial charge in [0.2, 0.25) is 5.95 Å². The average Bonchev–Trinajstić information content (AvgIpc) is 3.28. The van der Waals surface area contributed by atoms with Gasteiger partial charge in [0.15, 0.2) is 0 Å². The number of rotatable bonds is 5. The summed E-state index contributed by atoms with van der Waals surface area (Å²) in [5.41, 5.74) is 3.89. The van der Waals surface area contributed by atoms with Crippen molar-refractivity contribution in [2.45, 2.75) is 25.8 Å². The number of nitrogens with zero attached hydrogens (tertiary/aromatic N) is 4. The first-order chi connectivity index (χ1) is 13.4. The highest BCUT2D eigenvalue weighted by Crippen LogP contribution is 2.27. The number of fused-ring (bicyclic) bond motifs is 3. The van der Waals surface area contributed by atoms with Gasteiger partial charge in [0, 0.05) is 26.2 Å². The molecule has 5 rings (SSSR count). The first-order valence-electron chi connectivity index (χ1n) is 10.3. The second kappa shape index (κ2) is 9.84. The number of anilines is 1. The lowest BCUT2D eigenvalue weighted by atomic mass is 9.90. The molecule has 1 saturated heterocycles. The van der Waals surface area contributed by atoms with Crippen molar-refractivity contribution < 1.29 is 0 Å². The fourth-order valence-electron chi connectivity index (χ4n) is 4.68. The summed E-state index contributed by atoms with van der Waals surface area (Å²) in [7, 11) is 0. The van der Waals surface area contributed by atoms with E-state index in [9.17, 15) is 0 Å². The number of halogens is 2. The molecule has 0 saturated carbocycles. The lowest BCUT2D eigenvalue weighted by molar-refractivity contribution is 0.187. The Kier molecular flexibility index (Phi) is 7.44. The van der Waals surface area contributed by atoms with Crippen molar-refractivity contribution in [3.63, 3.8) is 0 Å². The Labute approximate surface area is 185 Å². The van der Waals surface area contributed by atoms with Crippen molar-refractivity contribution in [2.75, 3.05) is 37.6 Å². The molecule has 3 heterocycles. The molecule has 0 amide bonds. The van der Waals surface area contributed by atoms with Gasteiger partial charge in [-0.3, -0.25) is 0 Å². The van der Waals surface area contributed by atoms with E-state index >= 15 is 0 Å². The topological polar surface area (TPSA) is 24.3 Å². The van der Waals surface area contributed by atoms with Crippen LogP contribution in [0.2, 0.25) is 0 Å². The predicted octanol–water partition coefficient (Wildman–Crippen LogP) is 4.65. The number of likely N-dealkylation sites (tertiary alicyclic amines) is 1. The number of piperidine rings is 1. The number of benzene rings is 2. The maximum absolute atomic E-state index is 4.87. The highest BCUT2D eigenvalue weighted by atomic mass is 35.5. The quantitative estimate of drug-likeness (QED) is 0.585. The Morgan fingerprint density at radius 1 is 0.793 bits per heavy atom. The summed E-state index contributed by atoms with van der Waals surface area (Å²) in [5, 5.41) is 0. The monoisotopic (exact) mass is 432 g/mol. The van der Waals surface area contributed by atoms with Gasteiger partial charge in [0.05, 0.1) is 11.0 Å². The molecule has 4 nitrogen and oxygen atoms in total. The van der Waals surface area contributed by atoms with E-state index in [0.29, 0.717) is 0 Å². The van der Waals surface area contributed by atoms with Crippen molar-refractivity contribution in [2.24, 2.45) is 5.92 Å². The molecule has 156 valence electrons. The lowest BCUT2D eigenvalue weighted by Crippen LogP contribution is -2.39. The number of hydrogen-bond acceptors (Lipinski definition) is 3. The summed E-state index contributed by atoms with van der Waals surface area (Å²) in [6.07, 6.45) is 3.89. The number of para-hydroxylation sites is 2.